The van der Waals surface area contributed by atoms with Gasteiger partial charge in [0.05, 0.1) is 5.02 Å². The second-order valence-electron chi connectivity index (χ2n) is 5.13. The number of nitrogens with zero attached hydrogens (tertiary/aromatic N) is 1. The van der Waals surface area contributed by atoms with E-state index in [9.17, 15) is 4.79 Å². The third-order valence-corrected chi connectivity index (χ3v) is 4.84. The van der Waals surface area contributed by atoms with Crippen LogP contribution in [-0.4, -0.2) is 36.5 Å². The van der Waals surface area contributed by atoms with Crippen molar-refractivity contribution in [3.8, 4) is 0 Å². The average Bonchev–Trinajstić information content (AvgIpc) is 2.48. The molecule has 1 aliphatic rings. The fraction of sp³-hybridized carbons (Fsp3) is 0.533. The monoisotopic (exact) mass is 358 g/mol. The lowest BCUT2D eigenvalue weighted by Crippen LogP contribution is -2.49. The number of carbonyl (C=O) groups is 1. The maximum Gasteiger partial charge on any atom is 0.254 e. The Morgan fingerprint density at radius 3 is 2.95 bits per heavy atom. The lowest BCUT2D eigenvalue weighted by Gasteiger charge is -2.34. The predicted molar refractivity (Wildman–Crippen MR) is 86.4 cm³/mol. The van der Waals surface area contributed by atoms with Gasteiger partial charge in [0.1, 0.15) is 0 Å². The van der Waals surface area contributed by atoms with Gasteiger partial charge < -0.3 is 10.2 Å². The van der Waals surface area contributed by atoms with E-state index < -0.39 is 0 Å². The quantitative estimate of drug-likeness (QED) is 0.889. The topological polar surface area (TPSA) is 32.3 Å². The van der Waals surface area contributed by atoms with Gasteiger partial charge in [-0.05, 0) is 59.9 Å². The molecule has 0 saturated carbocycles. The average molecular weight is 360 g/mol. The number of halogens is 2. The summed E-state index contributed by atoms with van der Waals surface area (Å²) in [4.78, 5) is 14.7. The Bertz CT molecular complexity index is 475. The van der Waals surface area contributed by atoms with Crippen LogP contribution in [-0.2, 0) is 0 Å². The molecular weight excluding hydrogens is 340 g/mol. The van der Waals surface area contributed by atoms with Crippen molar-refractivity contribution in [1.29, 1.82) is 0 Å². The Morgan fingerprint density at radius 2 is 2.35 bits per heavy atom. The van der Waals surface area contributed by atoms with Crippen molar-refractivity contribution >= 4 is 33.4 Å². The minimum atomic E-state index is 0.0787. The minimum Gasteiger partial charge on any atom is -0.334 e. The van der Waals surface area contributed by atoms with E-state index in [1.54, 1.807) is 6.07 Å². The van der Waals surface area contributed by atoms with Gasteiger partial charge in [0, 0.05) is 29.2 Å². The summed E-state index contributed by atoms with van der Waals surface area (Å²) in [5.41, 5.74) is 0.664. The van der Waals surface area contributed by atoms with Crippen LogP contribution in [0.3, 0.4) is 0 Å². The standard InChI is InChI=1S/C15H20BrClN2O/c1-2-8-19(12-4-3-7-18-10-12)15(20)11-5-6-13(16)14(17)9-11/h5-6,9,12,18H,2-4,7-8,10H2,1H3. The molecule has 3 nitrogen and oxygen atoms in total. The van der Waals surface area contributed by atoms with Crippen molar-refractivity contribution in [2.24, 2.45) is 0 Å². The molecule has 1 aromatic rings. The lowest BCUT2D eigenvalue weighted by molar-refractivity contribution is 0.0649. The molecule has 1 saturated heterocycles. The van der Waals surface area contributed by atoms with Gasteiger partial charge in [0.25, 0.3) is 5.91 Å². The number of carbonyl (C=O) groups excluding carboxylic acids is 1. The van der Waals surface area contributed by atoms with Gasteiger partial charge in [-0.2, -0.15) is 0 Å². The second kappa shape index (κ2) is 7.43. The fourth-order valence-electron chi connectivity index (χ4n) is 2.59. The van der Waals surface area contributed by atoms with Crippen molar-refractivity contribution < 1.29 is 4.79 Å². The van der Waals surface area contributed by atoms with E-state index in [0.29, 0.717) is 16.6 Å². The molecular formula is C15H20BrClN2O. The van der Waals surface area contributed by atoms with E-state index in [2.05, 4.69) is 28.2 Å². The molecule has 2 rings (SSSR count). The molecule has 1 atom stereocenters. The van der Waals surface area contributed by atoms with Crippen LogP contribution in [0.5, 0.6) is 0 Å². The van der Waals surface area contributed by atoms with E-state index in [1.807, 2.05) is 17.0 Å². The van der Waals surface area contributed by atoms with Crippen LogP contribution < -0.4 is 5.32 Å². The molecule has 0 spiro atoms. The lowest BCUT2D eigenvalue weighted by atomic mass is 10.0. The fourth-order valence-corrected chi connectivity index (χ4v) is 3.01. The summed E-state index contributed by atoms with van der Waals surface area (Å²) in [6, 6.07) is 5.70. The summed E-state index contributed by atoms with van der Waals surface area (Å²) < 4.78 is 0.817. The van der Waals surface area contributed by atoms with Gasteiger partial charge in [-0.1, -0.05) is 18.5 Å². The number of benzene rings is 1. The van der Waals surface area contributed by atoms with Gasteiger partial charge in [-0.3, -0.25) is 4.79 Å². The van der Waals surface area contributed by atoms with E-state index in [4.69, 9.17) is 11.6 Å². The Hall–Kier alpha value is -0.580. The molecule has 1 fully saturated rings. The van der Waals surface area contributed by atoms with Gasteiger partial charge in [-0.15, -0.1) is 0 Å². The highest BCUT2D eigenvalue weighted by Crippen LogP contribution is 2.24. The van der Waals surface area contributed by atoms with Gasteiger partial charge in [-0.25, -0.2) is 0 Å². The molecule has 0 radical (unpaired) electrons. The second-order valence-corrected chi connectivity index (χ2v) is 6.39. The molecule has 1 N–H and O–H groups in total. The zero-order valence-corrected chi connectivity index (χ0v) is 14.0. The molecule has 1 aliphatic heterocycles. The highest BCUT2D eigenvalue weighted by molar-refractivity contribution is 9.10. The number of nitrogens with one attached hydrogen (secondary N) is 1. The van der Waals surface area contributed by atoms with Crippen LogP contribution in [0.4, 0.5) is 0 Å². The number of hydrogen-bond acceptors (Lipinski definition) is 2. The summed E-state index contributed by atoms with van der Waals surface area (Å²) >= 11 is 9.45. The van der Waals surface area contributed by atoms with Gasteiger partial charge >= 0.3 is 0 Å². The molecule has 1 amide bonds. The summed E-state index contributed by atoms with van der Waals surface area (Å²) in [5, 5.41) is 3.95. The highest BCUT2D eigenvalue weighted by atomic mass is 79.9. The third-order valence-electron chi connectivity index (χ3n) is 3.60. The Kier molecular flexibility index (Phi) is 5.87. The normalized spacial score (nSPS) is 18.9. The van der Waals surface area contributed by atoms with Gasteiger partial charge in [0.15, 0.2) is 0 Å². The van der Waals surface area contributed by atoms with Crippen molar-refractivity contribution in [2.75, 3.05) is 19.6 Å². The smallest absolute Gasteiger partial charge is 0.254 e. The Balaban J connectivity index is 2.18. The predicted octanol–water partition coefficient (Wildman–Crippen LogP) is 3.71. The zero-order valence-electron chi connectivity index (χ0n) is 11.7. The van der Waals surface area contributed by atoms with Crippen LogP contribution >= 0.6 is 27.5 Å². The number of piperidine rings is 1. The molecule has 1 unspecified atom stereocenters. The first-order valence-corrected chi connectivity index (χ1v) is 8.27. The van der Waals surface area contributed by atoms with Crippen molar-refractivity contribution in [3.05, 3.63) is 33.3 Å². The number of amides is 1. The molecule has 0 aromatic heterocycles. The molecule has 1 aromatic carbocycles. The van der Waals surface area contributed by atoms with E-state index >= 15 is 0 Å². The third kappa shape index (κ3) is 3.74. The van der Waals surface area contributed by atoms with Crippen LogP contribution in [0.2, 0.25) is 5.02 Å². The number of hydrogen-bond donors (Lipinski definition) is 1. The van der Waals surface area contributed by atoms with Crippen LogP contribution in [0.15, 0.2) is 22.7 Å². The van der Waals surface area contributed by atoms with Crippen LogP contribution in [0, 0.1) is 0 Å². The first-order chi connectivity index (χ1) is 9.63. The largest absolute Gasteiger partial charge is 0.334 e. The molecule has 0 bridgehead atoms. The molecule has 0 aliphatic carbocycles. The first-order valence-electron chi connectivity index (χ1n) is 7.10. The summed E-state index contributed by atoms with van der Waals surface area (Å²) in [6.45, 7) is 4.83. The first kappa shape index (κ1) is 15.8. The van der Waals surface area contributed by atoms with E-state index in [-0.39, 0.29) is 5.91 Å². The van der Waals surface area contributed by atoms with Gasteiger partial charge in [0.2, 0.25) is 0 Å². The Labute approximate surface area is 133 Å². The summed E-state index contributed by atoms with van der Waals surface area (Å²) in [5.74, 6) is 0.0787. The van der Waals surface area contributed by atoms with Crippen molar-refractivity contribution in [1.82, 2.24) is 10.2 Å². The van der Waals surface area contributed by atoms with E-state index in [1.165, 1.54) is 0 Å². The van der Waals surface area contributed by atoms with Crippen LogP contribution in [0.25, 0.3) is 0 Å². The number of rotatable bonds is 4. The van der Waals surface area contributed by atoms with Crippen LogP contribution in [0.1, 0.15) is 36.5 Å². The van der Waals surface area contributed by atoms with Crippen molar-refractivity contribution in [3.63, 3.8) is 0 Å². The zero-order chi connectivity index (χ0) is 14.5. The SMILES string of the molecule is CCCN(C(=O)c1ccc(Br)c(Cl)c1)C1CCCNC1. The van der Waals surface area contributed by atoms with E-state index in [0.717, 1.165) is 43.4 Å². The highest BCUT2D eigenvalue weighted by Gasteiger charge is 2.25. The molecule has 5 heteroatoms. The van der Waals surface area contributed by atoms with Crippen molar-refractivity contribution in [2.45, 2.75) is 32.2 Å². The minimum absolute atomic E-state index is 0.0787. The summed E-state index contributed by atoms with van der Waals surface area (Å²) in [6.07, 6.45) is 3.16. The molecule has 20 heavy (non-hydrogen) atoms. The molecule has 1 heterocycles. The Morgan fingerprint density at radius 1 is 1.55 bits per heavy atom. The maximum absolute atomic E-state index is 12.7. The maximum atomic E-state index is 12.7. The molecule has 110 valence electrons. The summed E-state index contributed by atoms with van der Waals surface area (Å²) in [7, 11) is 0.